The normalized spacial score (nSPS) is 17.7. The van der Waals surface area contributed by atoms with Crippen LogP contribution in [0.2, 0.25) is 0 Å². The average Bonchev–Trinajstić information content (AvgIpc) is 3.22. The first-order valence-electron chi connectivity index (χ1n) is 8.45. The lowest BCUT2D eigenvalue weighted by Crippen LogP contribution is -2.34. The van der Waals surface area contributed by atoms with Crippen LogP contribution in [0.4, 0.5) is 5.82 Å². The predicted molar refractivity (Wildman–Crippen MR) is 87.8 cm³/mol. The first-order chi connectivity index (χ1) is 11.7. The van der Waals surface area contributed by atoms with Gasteiger partial charge in [-0.2, -0.15) is 0 Å². The molecule has 0 bridgehead atoms. The number of hydrogen-bond acceptors (Lipinski definition) is 6. The summed E-state index contributed by atoms with van der Waals surface area (Å²) < 4.78 is 1.55. The Labute approximate surface area is 140 Å². The Balaban J connectivity index is 1.55. The van der Waals surface area contributed by atoms with Crippen LogP contribution in [0.5, 0.6) is 0 Å². The molecule has 8 heteroatoms. The highest BCUT2D eigenvalue weighted by atomic mass is 16.2. The van der Waals surface area contributed by atoms with Crippen LogP contribution in [0.3, 0.4) is 0 Å². The number of aromatic nitrogens is 5. The Morgan fingerprint density at radius 3 is 2.58 bits per heavy atom. The third-order valence-corrected chi connectivity index (χ3v) is 4.75. The molecule has 0 atom stereocenters. The highest BCUT2D eigenvalue weighted by Crippen LogP contribution is 2.26. The molecule has 2 aliphatic heterocycles. The van der Waals surface area contributed by atoms with Crippen LogP contribution in [0.15, 0.2) is 12.7 Å². The summed E-state index contributed by atoms with van der Waals surface area (Å²) in [6, 6.07) is 0. The van der Waals surface area contributed by atoms with Crippen molar-refractivity contribution >= 4 is 11.7 Å². The molecule has 0 saturated carbocycles. The molecule has 126 valence electrons. The van der Waals surface area contributed by atoms with E-state index in [9.17, 15) is 4.79 Å². The first kappa shape index (κ1) is 15.0. The SMILES string of the molecule is Cn1cnc(C(=O)N2CCc3ncnc(N4CCCC4)c3CC2)n1. The molecule has 0 aromatic carbocycles. The van der Waals surface area contributed by atoms with Crippen molar-refractivity contribution in [1.82, 2.24) is 29.6 Å². The molecule has 2 aliphatic rings. The third kappa shape index (κ3) is 2.72. The van der Waals surface area contributed by atoms with Crippen LogP contribution >= 0.6 is 0 Å². The lowest BCUT2D eigenvalue weighted by atomic mass is 10.1. The third-order valence-electron chi connectivity index (χ3n) is 4.75. The van der Waals surface area contributed by atoms with Gasteiger partial charge in [-0.05, 0) is 19.3 Å². The summed E-state index contributed by atoms with van der Waals surface area (Å²) in [4.78, 5) is 29.8. The van der Waals surface area contributed by atoms with Gasteiger partial charge < -0.3 is 9.80 Å². The fourth-order valence-electron chi connectivity index (χ4n) is 3.49. The van der Waals surface area contributed by atoms with Gasteiger partial charge in [0.2, 0.25) is 5.82 Å². The summed E-state index contributed by atoms with van der Waals surface area (Å²) in [5.74, 6) is 1.20. The Hall–Kier alpha value is -2.51. The lowest BCUT2D eigenvalue weighted by molar-refractivity contribution is 0.0750. The van der Waals surface area contributed by atoms with Crippen LogP contribution in [0, 0.1) is 0 Å². The van der Waals surface area contributed by atoms with E-state index in [1.807, 2.05) is 4.90 Å². The quantitative estimate of drug-likeness (QED) is 0.796. The number of hydrogen-bond donors (Lipinski definition) is 0. The number of carbonyl (C=O) groups is 1. The van der Waals surface area contributed by atoms with E-state index >= 15 is 0 Å². The Bertz CT molecular complexity index is 751. The molecule has 24 heavy (non-hydrogen) atoms. The molecular weight excluding hydrogens is 306 g/mol. The smallest absolute Gasteiger partial charge is 0.293 e. The standard InChI is InChI=1S/C16H21N7O/c1-21-11-19-14(20-21)16(24)23-8-4-12-13(5-9-23)17-10-18-15(12)22-6-2-3-7-22/h10-11H,2-9H2,1H3. The van der Waals surface area contributed by atoms with Gasteiger partial charge in [-0.1, -0.05) is 0 Å². The van der Waals surface area contributed by atoms with Gasteiger partial charge >= 0.3 is 0 Å². The topological polar surface area (TPSA) is 80.0 Å². The first-order valence-corrected chi connectivity index (χ1v) is 8.45. The lowest BCUT2D eigenvalue weighted by Gasteiger charge is -2.21. The minimum Gasteiger partial charge on any atom is -0.356 e. The minimum absolute atomic E-state index is 0.112. The van der Waals surface area contributed by atoms with Crippen LogP contribution in [-0.4, -0.2) is 61.7 Å². The van der Waals surface area contributed by atoms with Crippen molar-refractivity contribution in [2.75, 3.05) is 31.1 Å². The van der Waals surface area contributed by atoms with Gasteiger partial charge in [-0.25, -0.2) is 15.0 Å². The molecule has 8 nitrogen and oxygen atoms in total. The predicted octanol–water partition coefficient (Wildman–Crippen LogP) is 0.446. The molecule has 4 heterocycles. The monoisotopic (exact) mass is 327 g/mol. The van der Waals surface area contributed by atoms with Crippen molar-refractivity contribution in [1.29, 1.82) is 0 Å². The zero-order valence-electron chi connectivity index (χ0n) is 13.9. The van der Waals surface area contributed by atoms with Gasteiger partial charge in [-0.15, -0.1) is 5.10 Å². The second kappa shape index (κ2) is 6.18. The Kier molecular flexibility index (Phi) is 3.87. The minimum atomic E-state index is -0.112. The maximum atomic E-state index is 12.6. The summed E-state index contributed by atoms with van der Waals surface area (Å²) in [7, 11) is 1.76. The van der Waals surface area contributed by atoms with Gasteiger partial charge in [0.1, 0.15) is 18.5 Å². The maximum absolute atomic E-state index is 12.6. The van der Waals surface area contributed by atoms with Gasteiger partial charge in [0, 0.05) is 45.2 Å². The molecule has 0 radical (unpaired) electrons. The average molecular weight is 327 g/mol. The zero-order chi connectivity index (χ0) is 16.5. The van der Waals surface area contributed by atoms with Gasteiger partial charge in [0.25, 0.3) is 5.91 Å². The molecule has 4 rings (SSSR count). The van der Waals surface area contributed by atoms with E-state index in [-0.39, 0.29) is 11.7 Å². The molecule has 0 spiro atoms. The van der Waals surface area contributed by atoms with E-state index in [1.165, 1.54) is 18.4 Å². The number of rotatable bonds is 2. The second-order valence-electron chi connectivity index (χ2n) is 6.35. The summed E-state index contributed by atoms with van der Waals surface area (Å²) >= 11 is 0. The van der Waals surface area contributed by atoms with E-state index in [0.29, 0.717) is 13.1 Å². The van der Waals surface area contributed by atoms with E-state index in [1.54, 1.807) is 24.4 Å². The molecule has 1 saturated heterocycles. The van der Waals surface area contributed by atoms with Crippen LogP contribution in [0.25, 0.3) is 0 Å². The van der Waals surface area contributed by atoms with Gasteiger partial charge in [-0.3, -0.25) is 9.48 Å². The number of fused-ring (bicyclic) bond motifs is 1. The number of anilines is 1. The number of amides is 1. The van der Waals surface area contributed by atoms with E-state index in [0.717, 1.165) is 37.4 Å². The highest BCUT2D eigenvalue weighted by Gasteiger charge is 2.26. The molecule has 2 aromatic rings. The largest absolute Gasteiger partial charge is 0.356 e. The van der Waals surface area contributed by atoms with Crippen molar-refractivity contribution in [2.45, 2.75) is 25.7 Å². The molecule has 1 amide bonds. The summed E-state index contributed by atoms with van der Waals surface area (Å²) in [5.41, 5.74) is 2.26. The second-order valence-corrected chi connectivity index (χ2v) is 6.35. The van der Waals surface area contributed by atoms with E-state index < -0.39 is 0 Å². The van der Waals surface area contributed by atoms with Crippen LogP contribution in [0.1, 0.15) is 34.7 Å². The molecular formula is C16H21N7O. The molecule has 0 aliphatic carbocycles. The van der Waals surface area contributed by atoms with Crippen LogP contribution in [-0.2, 0) is 19.9 Å². The van der Waals surface area contributed by atoms with Crippen molar-refractivity contribution in [3.05, 3.63) is 29.7 Å². The fraction of sp³-hybridized carbons (Fsp3) is 0.562. The van der Waals surface area contributed by atoms with Crippen LogP contribution < -0.4 is 4.90 Å². The zero-order valence-corrected chi connectivity index (χ0v) is 13.9. The molecule has 0 unspecified atom stereocenters. The number of aryl methyl sites for hydroxylation is 1. The van der Waals surface area contributed by atoms with E-state index in [4.69, 9.17) is 0 Å². The molecule has 1 fully saturated rings. The summed E-state index contributed by atoms with van der Waals surface area (Å²) in [6.07, 6.45) is 7.17. The van der Waals surface area contributed by atoms with Gasteiger partial charge in [0.05, 0.1) is 5.69 Å². The number of carbonyl (C=O) groups excluding carboxylic acids is 1. The maximum Gasteiger partial charge on any atom is 0.293 e. The highest BCUT2D eigenvalue weighted by molar-refractivity contribution is 5.90. The van der Waals surface area contributed by atoms with Crippen molar-refractivity contribution < 1.29 is 4.79 Å². The van der Waals surface area contributed by atoms with Crippen molar-refractivity contribution in [3.8, 4) is 0 Å². The summed E-state index contributed by atoms with van der Waals surface area (Å²) in [6.45, 7) is 3.41. The van der Waals surface area contributed by atoms with Crippen molar-refractivity contribution in [2.24, 2.45) is 7.05 Å². The Morgan fingerprint density at radius 1 is 1.04 bits per heavy atom. The fourth-order valence-corrected chi connectivity index (χ4v) is 3.49. The molecule has 2 aromatic heterocycles. The van der Waals surface area contributed by atoms with E-state index in [2.05, 4.69) is 25.0 Å². The summed E-state index contributed by atoms with van der Waals surface area (Å²) in [5, 5.41) is 4.12. The van der Waals surface area contributed by atoms with Gasteiger partial charge in [0.15, 0.2) is 0 Å². The Morgan fingerprint density at radius 2 is 1.83 bits per heavy atom. The molecule has 0 N–H and O–H groups in total. The van der Waals surface area contributed by atoms with Crippen molar-refractivity contribution in [3.63, 3.8) is 0 Å². The number of nitrogens with zero attached hydrogens (tertiary/aromatic N) is 7.